The largest absolute Gasteiger partial charge is 0.851 e. The molecule has 0 atom stereocenters. The Morgan fingerprint density at radius 2 is 0.433 bits per heavy atom. The van der Waals surface area contributed by atoms with E-state index in [0.717, 1.165) is 67.8 Å². The third-order valence-corrected chi connectivity index (χ3v) is 18.1. The zero-order valence-corrected chi connectivity index (χ0v) is 60.2. The number of ether oxygens (including phenoxy) is 12. The highest BCUT2D eigenvalue weighted by atomic mass is 16.6. The zero-order valence-electron chi connectivity index (χ0n) is 60.2. The van der Waals surface area contributed by atoms with Crippen LogP contribution in [0.5, 0.6) is 0 Å². The molecule has 0 saturated heterocycles. The van der Waals surface area contributed by atoms with Crippen molar-refractivity contribution in [2.24, 2.45) is 0 Å². The summed E-state index contributed by atoms with van der Waals surface area (Å²) in [5.74, 6) is -2.81. The van der Waals surface area contributed by atoms with Crippen molar-refractivity contribution in [1.29, 1.82) is 0 Å². The van der Waals surface area contributed by atoms with E-state index < -0.39 is 48.1 Å². The molecule has 24 heteroatoms. The van der Waals surface area contributed by atoms with Gasteiger partial charge in [0.2, 0.25) is 0 Å². The highest BCUT2D eigenvalue weighted by molar-refractivity contribution is 5.71. The number of aromatic nitrogens is 8. The SMILES string of the molecule is COCCOCCOCCn1c(/C=C/c2ccncc2)ccc1C1C([O-])C(c2ccc(/C=C/c3ccncc3)n2CCOCCOCCOC)C1[O-].COCCOCCOCCn1c(/C=C/c2ccncc2)ccc1C1C([O-])C(c2ccc(/C=C/c3ccncc3)n2CCOCCOCCOC)C1[O-]. The number of hydrogen-bond donors (Lipinski definition) is 0. The molecule has 8 heterocycles. The monoisotopic (exact) mass is 1430 g/mol. The minimum Gasteiger partial charge on any atom is -0.851 e. The molecule has 0 N–H and O–H groups in total. The van der Waals surface area contributed by atoms with E-state index in [9.17, 15) is 20.4 Å². The molecular weight excluding hydrogens is 1330 g/mol. The summed E-state index contributed by atoms with van der Waals surface area (Å²) in [6, 6.07) is 30.9. The number of rotatable bonds is 48. The van der Waals surface area contributed by atoms with Crippen LogP contribution in [-0.4, -0.2) is 223 Å². The van der Waals surface area contributed by atoms with E-state index >= 15 is 0 Å². The van der Waals surface area contributed by atoms with Gasteiger partial charge in [0.1, 0.15) is 0 Å². The second-order valence-corrected chi connectivity index (χ2v) is 24.6. The van der Waals surface area contributed by atoms with Crippen molar-refractivity contribution in [3.05, 3.63) is 214 Å². The van der Waals surface area contributed by atoms with Crippen molar-refractivity contribution in [3.63, 3.8) is 0 Å². The first-order valence-corrected chi connectivity index (χ1v) is 35.6. The fourth-order valence-electron chi connectivity index (χ4n) is 12.6. The van der Waals surface area contributed by atoms with E-state index in [1.165, 1.54) is 0 Å². The third kappa shape index (κ3) is 24.0. The Morgan fingerprint density at radius 1 is 0.250 bits per heavy atom. The van der Waals surface area contributed by atoms with Crippen LogP contribution in [0.3, 0.4) is 0 Å². The lowest BCUT2D eigenvalue weighted by Crippen LogP contribution is -2.64. The molecule has 2 aliphatic carbocycles. The Balaban J connectivity index is 0.000000241. The summed E-state index contributed by atoms with van der Waals surface area (Å²) in [7, 11) is 6.54. The zero-order chi connectivity index (χ0) is 72.8. The van der Waals surface area contributed by atoms with E-state index in [-0.39, 0.29) is 0 Å². The molecule has 24 nitrogen and oxygen atoms in total. The number of pyridine rings is 4. The average molecular weight is 1430 g/mol. The fraction of sp³-hybridized carbons (Fsp3) is 0.450. The van der Waals surface area contributed by atoms with Crippen LogP contribution in [0.2, 0.25) is 0 Å². The maximum absolute atomic E-state index is 14.1. The summed E-state index contributed by atoms with van der Waals surface area (Å²) >= 11 is 0. The Morgan fingerprint density at radius 3 is 0.625 bits per heavy atom. The van der Waals surface area contributed by atoms with Crippen LogP contribution in [0.25, 0.3) is 48.6 Å². The van der Waals surface area contributed by atoms with Crippen molar-refractivity contribution < 1.29 is 77.3 Å². The summed E-state index contributed by atoms with van der Waals surface area (Å²) < 4.78 is 73.8. The second kappa shape index (κ2) is 45.4. The maximum Gasteiger partial charge on any atom is 0.0701 e. The molecule has 0 aromatic carbocycles. The molecule has 2 fully saturated rings. The molecule has 560 valence electrons. The summed E-state index contributed by atoms with van der Waals surface area (Å²) in [5, 5.41) is 56.6. The lowest BCUT2D eigenvalue weighted by Gasteiger charge is -2.61. The fourth-order valence-corrected chi connectivity index (χ4v) is 12.6. The molecule has 8 aromatic heterocycles. The van der Waals surface area contributed by atoms with Crippen LogP contribution < -0.4 is 20.4 Å². The van der Waals surface area contributed by atoms with Gasteiger partial charge in [0.25, 0.3) is 0 Å². The molecule has 0 bridgehead atoms. The van der Waals surface area contributed by atoms with E-state index in [1.807, 2.05) is 164 Å². The summed E-state index contributed by atoms with van der Waals surface area (Å²) in [5.41, 5.74) is 10.5. The Hall–Kier alpha value is -7.96. The quantitative estimate of drug-likeness (QED) is 0.0382. The van der Waals surface area contributed by atoms with Gasteiger partial charge in [0.05, 0.1) is 132 Å². The van der Waals surface area contributed by atoms with Gasteiger partial charge in [-0.2, -0.15) is 0 Å². The van der Waals surface area contributed by atoms with Crippen LogP contribution in [0.15, 0.2) is 147 Å². The Labute approximate surface area is 610 Å². The predicted molar refractivity (Wildman–Crippen MR) is 391 cm³/mol. The molecule has 10 rings (SSSR count). The van der Waals surface area contributed by atoms with E-state index in [2.05, 4.69) is 19.9 Å². The molecule has 2 saturated carbocycles. The molecule has 0 amide bonds. The van der Waals surface area contributed by atoms with Crippen molar-refractivity contribution in [3.8, 4) is 0 Å². The van der Waals surface area contributed by atoms with Crippen molar-refractivity contribution >= 4 is 48.6 Å². The van der Waals surface area contributed by atoms with Crippen molar-refractivity contribution in [2.75, 3.05) is 161 Å². The minimum absolute atomic E-state index is 0.405. The Bertz CT molecular complexity index is 3270. The smallest absolute Gasteiger partial charge is 0.0701 e. The van der Waals surface area contributed by atoms with E-state index in [0.29, 0.717) is 158 Å². The van der Waals surface area contributed by atoms with Gasteiger partial charge in [-0.3, -0.25) is 19.9 Å². The summed E-state index contributed by atoms with van der Waals surface area (Å²) in [6.45, 7) is 11.3. The third-order valence-electron chi connectivity index (χ3n) is 18.1. The van der Waals surface area contributed by atoms with Crippen molar-refractivity contribution in [1.82, 2.24) is 38.2 Å². The van der Waals surface area contributed by atoms with Gasteiger partial charge in [-0.15, -0.1) is 24.4 Å². The lowest BCUT2D eigenvalue weighted by molar-refractivity contribution is -0.537. The average Bonchev–Trinajstić information content (AvgIpc) is 1.40. The summed E-state index contributed by atoms with van der Waals surface area (Å²) in [4.78, 5) is 16.4. The van der Waals surface area contributed by atoms with Crippen LogP contribution in [0.4, 0.5) is 0 Å². The van der Waals surface area contributed by atoms with Gasteiger partial charge in [0.15, 0.2) is 0 Å². The van der Waals surface area contributed by atoms with Crippen LogP contribution in [0, 0.1) is 0 Å². The predicted octanol–water partition coefficient (Wildman–Crippen LogP) is 6.24. The van der Waals surface area contributed by atoms with Gasteiger partial charge in [0, 0.05) is 150 Å². The topological polar surface area (TPSA) is 274 Å². The van der Waals surface area contributed by atoms with Gasteiger partial charge in [-0.1, -0.05) is 24.3 Å². The lowest BCUT2D eigenvalue weighted by atomic mass is 9.66. The molecule has 8 aromatic rings. The Kier molecular flexibility index (Phi) is 35.0. The summed E-state index contributed by atoms with van der Waals surface area (Å²) in [6.07, 6.45) is 25.4. The van der Waals surface area contributed by atoms with Crippen LogP contribution in [-0.2, 0) is 83.0 Å². The molecule has 0 spiro atoms. The molecule has 2 aliphatic rings. The van der Waals surface area contributed by atoms with Crippen molar-refractivity contribution in [2.45, 2.75) is 74.3 Å². The molecule has 104 heavy (non-hydrogen) atoms. The highest BCUT2D eigenvalue weighted by Gasteiger charge is 2.43. The number of hydrogen-bond acceptors (Lipinski definition) is 20. The first kappa shape index (κ1) is 80.1. The molecule has 0 unspecified atom stereocenters. The minimum atomic E-state index is -1.12. The standard InChI is InChI=1S/2C40H50N4O8/c2*1-47-23-25-51-29-27-49-21-19-43-33(5-3-31-11-15-41-16-12-31)7-9-35(43)37-39(45)38(40(37)46)36-10-8-34(6-4-32-13-17-42-18-14-32)44(36)20-22-50-28-30-52-26-24-48-2/h2*3-18,37-40H,19-30H2,1-2H3/q2*-2/b2*5-3+,6-4+. The van der Waals surface area contributed by atoms with E-state index in [1.54, 1.807) is 78.0 Å². The second-order valence-electron chi connectivity index (χ2n) is 24.6. The van der Waals surface area contributed by atoms with E-state index in [4.69, 9.17) is 56.8 Å². The molecule has 0 radical (unpaired) electrons. The van der Waals surface area contributed by atoms with Gasteiger partial charge in [-0.25, -0.2) is 0 Å². The van der Waals surface area contributed by atoms with Gasteiger partial charge >= 0.3 is 0 Å². The van der Waals surface area contributed by atoms with Crippen LogP contribution >= 0.6 is 0 Å². The van der Waals surface area contributed by atoms with Gasteiger partial charge in [-0.05, 0) is 167 Å². The normalized spacial score (nSPS) is 18.8. The number of methoxy groups -OCH3 is 4. The highest BCUT2D eigenvalue weighted by Crippen LogP contribution is 2.48. The van der Waals surface area contributed by atoms with Gasteiger partial charge < -0.3 is 95.5 Å². The first-order chi connectivity index (χ1) is 51.2. The maximum atomic E-state index is 14.1. The molecule has 0 aliphatic heterocycles. The number of nitrogens with zero attached hydrogens (tertiary/aromatic N) is 8. The first-order valence-electron chi connectivity index (χ1n) is 35.6. The van der Waals surface area contributed by atoms with Crippen LogP contribution in [0.1, 0.15) is 91.5 Å². The molecular formula is C80H100N8O16-4.